The van der Waals surface area contributed by atoms with Gasteiger partial charge in [0.05, 0.1) is 11.4 Å². The maximum atomic E-state index is 13.7. The fraction of sp³-hybridized carbons (Fsp3) is 0.357. The summed E-state index contributed by atoms with van der Waals surface area (Å²) in [5, 5.41) is 5.27. The monoisotopic (exact) mass is 577 g/mol. The second-order valence-electron chi connectivity index (χ2n) is 9.55. The predicted octanol–water partition coefficient (Wildman–Crippen LogP) is 5.35. The van der Waals surface area contributed by atoms with E-state index in [1.54, 1.807) is 37.3 Å². The van der Waals surface area contributed by atoms with E-state index < -0.39 is 28.5 Å². The third-order valence-electron chi connectivity index (χ3n) is 6.25. The van der Waals surface area contributed by atoms with Crippen molar-refractivity contribution in [3.8, 4) is 0 Å². The van der Waals surface area contributed by atoms with Crippen molar-refractivity contribution in [3.63, 3.8) is 0 Å². The molecule has 3 rings (SSSR count). The van der Waals surface area contributed by atoms with Gasteiger partial charge in [-0.2, -0.15) is 4.31 Å². The standard InChI is InChI=1S/C28H33Cl2N3O4S/c1-5-26(28(35)31-16-19(2)3)33(17-23-24(29)11-8-12-25(23)30)27(34)18-32(4)38(36,37)22-14-13-20-9-6-7-10-21(20)15-22/h6-15,19,26H,5,16-18H2,1-4H3,(H,31,35)/t26-/m1/s1. The van der Waals surface area contributed by atoms with Gasteiger partial charge in [-0.3, -0.25) is 9.59 Å². The fourth-order valence-electron chi connectivity index (χ4n) is 4.07. The third kappa shape index (κ3) is 7.05. The first-order chi connectivity index (χ1) is 17.9. The number of hydrogen-bond acceptors (Lipinski definition) is 4. The van der Waals surface area contributed by atoms with Crippen LogP contribution < -0.4 is 5.32 Å². The van der Waals surface area contributed by atoms with Crippen LogP contribution in [-0.2, 0) is 26.2 Å². The Morgan fingerprint density at radius 1 is 0.947 bits per heavy atom. The molecule has 0 saturated carbocycles. The molecule has 0 bridgehead atoms. The quantitative estimate of drug-likeness (QED) is 0.333. The number of likely N-dealkylation sites (N-methyl/N-ethyl adjacent to an activating group) is 1. The van der Waals surface area contributed by atoms with Crippen molar-refractivity contribution in [1.82, 2.24) is 14.5 Å². The van der Waals surface area contributed by atoms with Gasteiger partial charge in [-0.25, -0.2) is 8.42 Å². The number of carbonyl (C=O) groups excluding carboxylic acids is 2. The zero-order valence-corrected chi connectivity index (χ0v) is 24.3. The Bertz CT molecular complexity index is 1390. The molecule has 0 fully saturated rings. The lowest BCUT2D eigenvalue weighted by molar-refractivity contribution is -0.141. The number of sulfonamides is 1. The van der Waals surface area contributed by atoms with Crippen molar-refractivity contribution in [2.75, 3.05) is 20.1 Å². The summed E-state index contributed by atoms with van der Waals surface area (Å²) < 4.78 is 27.8. The highest BCUT2D eigenvalue weighted by Gasteiger charge is 2.32. The highest BCUT2D eigenvalue weighted by molar-refractivity contribution is 7.89. The Hall–Kier alpha value is -2.65. The van der Waals surface area contributed by atoms with Crippen LogP contribution in [0.2, 0.25) is 10.0 Å². The molecule has 0 saturated heterocycles. The van der Waals surface area contributed by atoms with Gasteiger partial charge in [0.1, 0.15) is 6.04 Å². The number of hydrogen-bond donors (Lipinski definition) is 1. The molecule has 0 aliphatic carbocycles. The molecule has 0 radical (unpaired) electrons. The molecule has 0 aromatic heterocycles. The fourth-order valence-corrected chi connectivity index (χ4v) is 5.74. The van der Waals surface area contributed by atoms with Gasteiger partial charge in [-0.05, 0) is 47.4 Å². The van der Waals surface area contributed by atoms with Gasteiger partial charge in [-0.1, -0.05) is 80.4 Å². The minimum Gasteiger partial charge on any atom is -0.354 e. The number of halogens is 2. The number of fused-ring (bicyclic) bond motifs is 1. The Balaban J connectivity index is 1.91. The zero-order chi connectivity index (χ0) is 28.0. The Labute approximate surface area is 234 Å². The largest absolute Gasteiger partial charge is 0.354 e. The molecule has 1 atom stereocenters. The van der Waals surface area contributed by atoms with E-state index >= 15 is 0 Å². The molecule has 0 aliphatic rings. The van der Waals surface area contributed by atoms with E-state index in [4.69, 9.17) is 23.2 Å². The molecule has 0 unspecified atom stereocenters. The Kier molecular flexibility index (Phi) is 10.2. The van der Waals surface area contributed by atoms with Crippen molar-refractivity contribution >= 4 is 55.8 Å². The second kappa shape index (κ2) is 12.9. The summed E-state index contributed by atoms with van der Waals surface area (Å²) >= 11 is 12.8. The van der Waals surface area contributed by atoms with Gasteiger partial charge >= 0.3 is 0 Å². The van der Waals surface area contributed by atoms with Gasteiger partial charge in [0.25, 0.3) is 0 Å². The van der Waals surface area contributed by atoms with Gasteiger partial charge in [-0.15, -0.1) is 0 Å². The van der Waals surface area contributed by atoms with Crippen molar-refractivity contribution in [3.05, 3.63) is 76.3 Å². The van der Waals surface area contributed by atoms with Crippen molar-refractivity contribution in [1.29, 1.82) is 0 Å². The van der Waals surface area contributed by atoms with E-state index in [0.717, 1.165) is 15.1 Å². The summed E-state index contributed by atoms with van der Waals surface area (Å²) in [5.41, 5.74) is 0.485. The maximum Gasteiger partial charge on any atom is 0.243 e. The van der Waals surface area contributed by atoms with Crippen LogP contribution in [0.5, 0.6) is 0 Å². The van der Waals surface area contributed by atoms with Gasteiger partial charge in [0, 0.05) is 35.7 Å². The predicted molar refractivity (Wildman–Crippen MR) is 153 cm³/mol. The maximum absolute atomic E-state index is 13.7. The summed E-state index contributed by atoms with van der Waals surface area (Å²) in [7, 11) is -2.64. The summed E-state index contributed by atoms with van der Waals surface area (Å²) in [4.78, 5) is 28.2. The lowest BCUT2D eigenvalue weighted by atomic mass is 10.1. The van der Waals surface area contributed by atoms with Crippen molar-refractivity contribution in [2.24, 2.45) is 5.92 Å². The van der Waals surface area contributed by atoms with E-state index in [0.29, 0.717) is 28.6 Å². The number of nitrogens with zero attached hydrogens (tertiary/aromatic N) is 2. The highest BCUT2D eigenvalue weighted by atomic mass is 35.5. The van der Waals surface area contributed by atoms with E-state index in [1.807, 2.05) is 38.1 Å². The van der Waals surface area contributed by atoms with Gasteiger partial charge in [0.15, 0.2) is 0 Å². The molecule has 7 nitrogen and oxygen atoms in total. The van der Waals surface area contributed by atoms with E-state index in [9.17, 15) is 18.0 Å². The minimum atomic E-state index is -3.99. The van der Waals surface area contributed by atoms with Crippen LogP contribution in [0.1, 0.15) is 32.8 Å². The van der Waals surface area contributed by atoms with Gasteiger partial charge < -0.3 is 10.2 Å². The number of benzene rings is 3. The normalized spacial score (nSPS) is 12.6. The van der Waals surface area contributed by atoms with Crippen LogP contribution in [0.3, 0.4) is 0 Å². The molecule has 204 valence electrons. The average Bonchev–Trinajstić information content (AvgIpc) is 2.88. The second-order valence-corrected chi connectivity index (χ2v) is 12.4. The molecule has 2 amide bonds. The summed E-state index contributed by atoms with van der Waals surface area (Å²) in [6.07, 6.45) is 0.318. The average molecular weight is 579 g/mol. The van der Waals surface area contributed by atoms with Crippen LogP contribution in [-0.4, -0.2) is 55.6 Å². The third-order valence-corrected chi connectivity index (χ3v) is 8.76. The molecule has 1 N–H and O–H groups in total. The van der Waals surface area contributed by atoms with E-state index in [2.05, 4.69) is 5.32 Å². The molecule has 3 aromatic carbocycles. The first-order valence-corrected chi connectivity index (χ1v) is 14.6. The molecule has 10 heteroatoms. The summed E-state index contributed by atoms with van der Waals surface area (Å²) in [6, 6.07) is 16.4. The van der Waals surface area contributed by atoms with Crippen LogP contribution in [0.25, 0.3) is 10.8 Å². The SMILES string of the molecule is CC[C@H](C(=O)NCC(C)C)N(Cc1c(Cl)cccc1Cl)C(=O)CN(C)S(=O)(=O)c1ccc2ccccc2c1. The van der Waals surface area contributed by atoms with E-state index in [1.165, 1.54) is 18.0 Å². The smallest absolute Gasteiger partial charge is 0.243 e. The summed E-state index contributed by atoms with van der Waals surface area (Å²) in [5.74, 6) is -0.644. The molecular weight excluding hydrogens is 545 g/mol. The topological polar surface area (TPSA) is 86.8 Å². The molecule has 0 spiro atoms. The lowest BCUT2D eigenvalue weighted by Crippen LogP contribution is -2.52. The van der Waals surface area contributed by atoms with Crippen LogP contribution >= 0.6 is 23.2 Å². The number of nitrogens with one attached hydrogen (secondary N) is 1. The molecule has 0 aliphatic heterocycles. The van der Waals surface area contributed by atoms with Crippen LogP contribution in [0.15, 0.2) is 65.6 Å². The Morgan fingerprint density at radius 2 is 1.58 bits per heavy atom. The molecule has 0 heterocycles. The van der Waals surface area contributed by atoms with Crippen molar-refractivity contribution in [2.45, 2.75) is 44.7 Å². The highest BCUT2D eigenvalue weighted by Crippen LogP contribution is 2.27. The minimum absolute atomic E-state index is 0.0468. The summed E-state index contributed by atoms with van der Waals surface area (Å²) in [6.45, 7) is 5.67. The first kappa shape index (κ1) is 29.9. The van der Waals surface area contributed by atoms with E-state index in [-0.39, 0.29) is 23.3 Å². The van der Waals surface area contributed by atoms with Crippen LogP contribution in [0, 0.1) is 5.92 Å². The Morgan fingerprint density at radius 3 is 2.18 bits per heavy atom. The number of amides is 2. The molecule has 3 aromatic rings. The first-order valence-electron chi connectivity index (χ1n) is 12.4. The zero-order valence-electron chi connectivity index (χ0n) is 21.9. The van der Waals surface area contributed by atoms with Crippen molar-refractivity contribution < 1.29 is 18.0 Å². The lowest BCUT2D eigenvalue weighted by Gasteiger charge is -2.32. The molecule has 38 heavy (non-hydrogen) atoms. The van der Waals surface area contributed by atoms with Crippen LogP contribution in [0.4, 0.5) is 0 Å². The number of rotatable bonds is 11. The van der Waals surface area contributed by atoms with Gasteiger partial charge in [0.2, 0.25) is 21.8 Å². The number of carbonyl (C=O) groups is 2. The molecular formula is C28H33Cl2N3O4S.